The molecule has 0 bridgehead atoms. The first kappa shape index (κ1) is 10.9. The van der Waals surface area contributed by atoms with E-state index in [0.29, 0.717) is 6.23 Å². The lowest BCUT2D eigenvalue weighted by atomic mass is 10.5. The Labute approximate surface area is 73.7 Å². The third kappa shape index (κ3) is 4.69. The summed E-state index contributed by atoms with van der Waals surface area (Å²) in [6.07, 6.45) is 0.249. The Balaban J connectivity index is 3.77. The summed E-state index contributed by atoms with van der Waals surface area (Å²) in [6.45, 7) is 7.74. The van der Waals surface area contributed by atoms with Gasteiger partial charge in [-0.25, -0.2) is 0 Å². The number of carbonyl (C=O) groups excluding carboxylic acids is 1. The number of carbonyl (C=O) groups is 1. The fourth-order valence-electron chi connectivity index (χ4n) is 0.441. The molecule has 3 nitrogen and oxygen atoms in total. The van der Waals surface area contributed by atoms with Crippen molar-refractivity contribution in [2.24, 2.45) is 0 Å². The zero-order valence-corrected chi connectivity index (χ0v) is 8.46. The van der Waals surface area contributed by atoms with Crippen LogP contribution >= 0.6 is 0 Å². The van der Waals surface area contributed by atoms with Crippen LogP contribution in [0.1, 0.15) is 6.42 Å². The van der Waals surface area contributed by atoms with Crippen molar-refractivity contribution in [3.63, 3.8) is 0 Å². The van der Waals surface area contributed by atoms with Gasteiger partial charge in [-0.3, -0.25) is 4.79 Å². The molecule has 0 aliphatic carbocycles. The van der Waals surface area contributed by atoms with Crippen molar-refractivity contribution in [1.29, 1.82) is 5.26 Å². The first-order valence-corrected chi connectivity index (χ1v) is 6.96. The van der Waals surface area contributed by atoms with E-state index in [4.69, 9.17) is 10.00 Å². The standard InChI is InChI=1S/C8H13NO2Si/c1-4-12(2,3)7-11-8(10)5-6-9/h4H,1,5,7H2,2-3H3. The Morgan fingerprint density at radius 2 is 2.33 bits per heavy atom. The number of nitrogens with zero attached hydrogens (tertiary/aromatic N) is 1. The van der Waals surface area contributed by atoms with Crippen LogP contribution in [0.15, 0.2) is 12.3 Å². The molecule has 0 aromatic heterocycles. The van der Waals surface area contributed by atoms with Crippen LogP contribution in [-0.4, -0.2) is 20.3 Å². The van der Waals surface area contributed by atoms with Crippen molar-refractivity contribution in [1.82, 2.24) is 0 Å². The number of rotatable bonds is 4. The second-order valence-electron chi connectivity index (χ2n) is 3.19. The molecule has 66 valence electrons. The van der Waals surface area contributed by atoms with E-state index in [1.807, 2.05) is 18.8 Å². The number of ether oxygens (including phenoxy) is 1. The van der Waals surface area contributed by atoms with Crippen LogP contribution in [0.25, 0.3) is 0 Å². The van der Waals surface area contributed by atoms with Gasteiger partial charge in [-0.05, 0) is 0 Å². The predicted molar refractivity (Wildman–Crippen MR) is 48.9 cm³/mol. The van der Waals surface area contributed by atoms with Crippen LogP contribution in [0.2, 0.25) is 13.1 Å². The number of hydrogen-bond donors (Lipinski definition) is 0. The molecule has 0 N–H and O–H groups in total. The van der Waals surface area contributed by atoms with Crippen LogP contribution in [0.5, 0.6) is 0 Å². The molecular formula is C8H13NO2Si. The molecule has 0 radical (unpaired) electrons. The second kappa shape index (κ2) is 4.73. The summed E-state index contributed by atoms with van der Waals surface area (Å²) in [5.41, 5.74) is 1.85. The quantitative estimate of drug-likeness (QED) is 0.489. The molecule has 0 aliphatic rings. The van der Waals surface area contributed by atoms with Gasteiger partial charge < -0.3 is 4.74 Å². The van der Waals surface area contributed by atoms with E-state index in [2.05, 4.69) is 6.58 Å². The zero-order valence-electron chi connectivity index (χ0n) is 7.46. The highest BCUT2D eigenvalue weighted by molar-refractivity contribution is 6.82. The molecule has 0 saturated carbocycles. The lowest BCUT2D eigenvalue weighted by Crippen LogP contribution is -2.31. The second-order valence-corrected chi connectivity index (χ2v) is 7.86. The number of nitriles is 1. The highest BCUT2D eigenvalue weighted by Gasteiger charge is 2.18. The van der Waals surface area contributed by atoms with Crippen molar-refractivity contribution in [2.75, 3.05) is 6.23 Å². The smallest absolute Gasteiger partial charge is 0.319 e. The Morgan fingerprint density at radius 1 is 1.75 bits per heavy atom. The van der Waals surface area contributed by atoms with Crippen molar-refractivity contribution in [2.45, 2.75) is 19.5 Å². The minimum Gasteiger partial charge on any atom is -0.468 e. The minimum absolute atomic E-state index is 0.165. The molecule has 0 fully saturated rings. The van der Waals surface area contributed by atoms with Gasteiger partial charge >= 0.3 is 5.97 Å². The van der Waals surface area contributed by atoms with Crippen LogP contribution in [-0.2, 0) is 9.53 Å². The van der Waals surface area contributed by atoms with Gasteiger partial charge in [0.15, 0.2) is 0 Å². The first-order valence-electron chi connectivity index (χ1n) is 3.68. The molecule has 0 heterocycles. The molecule has 12 heavy (non-hydrogen) atoms. The molecule has 0 aromatic carbocycles. The summed E-state index contributed by atoms with van der Waals surface area (Å²) in [5, 5.41) is 8.16. The highest BCUT2D eigenvalue weighted by Crippen LogP contribution is 2.03. The third-order valence-electron chi connectivity index (χ3n) is 1.38. The maximum atomic E-state index is 10.7. The summed E-state index contributed by atoms with van der Waals surface area (Å²) in [5.74, 6) is -0.445. The van der Waals surface area contributed by atoms with Crippen LogP contribution < -0.4 is 0 Å². The summed E-state index contributed by atoms with van der Waals surface area (Å²) < 4.78 is 4.87. The van der Waals surface area contributed by atoms with Crippen LogP contribution in [0, 0.1) is 11.3 Å². The first-order chi connectivity index (χ1) is 5.52. The molecule has 0 saturated heterocycles. The van der Waals surface area contributed by atoms with Crippen LogP contribution in [0.3, 0.4) is 0 Å². The van der Waals surface area contributed by atoms with E-state index in [1.165, 1.54) is 0 Å². The molecule has 0 amide bonds. The normalized spacial score (nSPS) is 10.1. The SMILES string of the molecule is C=C[Si](C)(C)COC(=O)CC#N. The average Bonchev–Trinajstić information content (AvgIpc) is 2.02. The van der Waals surface area contributed by atoms with Gasteiger partial charge in [-0.15, -0.1) is 6.58 Å². The zero-order chi connectivity index (χ0) is 9.61. The van der Waals surface area contributed by atoms with E-state index >= 15 is 0 Å². The van der Waals surface area contributed by atoms with E-state index in [1.54, 1.807) is 6.07 Å². The topological polar surface area (TPSA) is 50.1 Å². The minimum atomic E-state index is -1.56. The lowest BCUT2D eigenvalue weighted by Gasteiger charge is -2.15. The van der Waals surface area contributed by atoms with Crippen LogP contribution in [0.4, 0.5) is 0 Å². The number of hydrogen-bond acceptors (Lipinski definition) is 3. The van der Waals surface area contributed by atoms with Gasteiger partial charge in [-0.1, -0.05) is 18.8 Å². The summed E-state index contributed by atoms with van der Waals surface area (Å²) in [6, 6.07) is 1.74. The molecule has 0 rings (SSSR count). The number of esters is 1. The maximum Gasteiger partial charge on any atom is 0.319 e. The third-order valence-corrected chi connectivity index (χ3v) is 3.37. The van der Waals surface area contributed by atoms with Crippen molar-refractivity contribution >= 4 is 14.0 Å². The van der Waals surface area contributed by atoms with Gasteiger partial charge in [-0.2, -0.15) is 5.26 Å². The average molecular weight is 183 g/mol. The summed E-state index contributed by atoms with van der Waals surface area (Å²) >= 11 is 0. The highest BCUT2D eigenvalue weighted by atomic mass is 28.3. The molecule has 0 spiro atoms. The lowest BCUT2D eigenvalue weighted by molar-refractivity contribution is -0.140. The van der Waals surface area contributed by atoms with Crippen molar-refractivity contribution in [3.05, 3.63) is 12.3 Å². The Kier molecular flexibility index (Phi) is 4.30. The molecule has 0 aliphatic heterocycles. The van der Waals surface area contributed by atoms with Gasteiger partial charge in [0.1, 0.15) is 14.5 Å². The van der Waals surface area contributed by atoms with E-state index in [9.17, 15) is 4.79 Å². The van der Waals surface area contributed by atoms with Gasteiger partial charge in [0.2, 0.25) is 0 Å². The summed E-state index contributed by atoms with van der Waals surface area (Å²) in [7, 11) is -1.56. The molecule has 0 aromatic rings. The molecule has 4 heteroatoms. The Morgan fingerprint density at radius 3 is 2.75 bits per heavy atom. The van der Waals surface area contributed by atoms with E-state index in [-0.39, 0.29) is 6.42 Å². The van der Waals surface area contributed by atoms with Crippen molar-refractivity contribution < 1.29 is 9.53 Å². The molecule has 0 atom stereocenters. The fraction of sp³-hybridized carbons (Fsp3) is 0.500. The Hall–Kier alpha value is -1.08. The molecular weight excluding hydrogens is 170 g/mol. The fourth-order valence-corrected chi connectivity index (χ4v) is 1.09. The van der Waals surface area contributed by atoms with Gasteiger partial charge in [0, 0.05) is 0 Å². The Bertz CT molecular complexity index is 218. The maximum absolute atomic E-state index is 10.7. The largest absolute Gasteiger partial charge is 0.468 e. The van der Waals surface area contributed by atoms with Gasteiger partial charge in [0.05, 0.1) is 12.3 Å². The monoisotopic (exact) mass is 183 g/mol. The predicted octanol–water partition coefficient (Wildman–Crippen LogP) is 1.42. The van der Waals surface area contributed by atoms with Gasteiger partial charge in [0.25, 0.3) is 0 Å². The molecule has 0 unspecified atom stereocenters. The van der Waals surface area contributed by atoms with Crippen molar-refractivity contribution in [3.8, 4) is 6.07 Å². The summed E-state index contributed by atoms with van der Waals surface area (Å²) in [4.78, 5) is 10.7. The van der Waals surface area contributed by atoms with E-state index in [0.717, 1.165) is 0 Å². The van der Waals surface area contributed by atoms with E-state index < -0.39 is 14.0 Å².